The molecule has 11 heavy (non-hydrogen) atoms. The maximum absolute atomic E-state index is 10.6. The Hall–Kier alpha value is -0.610. The van der Waals surface area contributed by atoms with E-state index in [0.29, 0.717) is 13.3 Å². The lowest BCUT2D eigenvalue weighted by molar-refractivity contribution is -0.132. The number of rotatable bonds is 4. The molecule has 0 radical (unpaired) electrons. The van der Waals surface area contributed by atoms with E-state index in [2.05, 4.69) is 0 Å². The molecule has 0 aromatic heterocycles. The van der Waals surface area contributed by atoms with Crippen LogP contribution in [0.15, 0.2) is 0 Å². The summed E-state index contributed by atoms with van der Waals surface area (Å²) >= 11 is 0. The average Bonchev–Trinajstić information content (AvgIpc) is 2.71. The topological polar surface area (TPSA) is 42.1 Å². The number of epoxide rings is 1. The van der Waals surface area contributed by atoms with E-state index in [1.807, 2.05) is 0 Å². The van der Waals surface area contributed by atoms with Gasteiger partial charge in [-0.3, -0.25) is 4.79 Å². The van der Waals surface area contributed by atoms with Crippen LogP contribution < -0.4 is 0 Å². The molecule has 64 valence electrons. The number of carbonyl (C=O) groups is 1. The van der Waals surface area contributed by atoms with E-state index >= 15 is 0 Å². The van der Waals surface area contributed by atoms with Crippen LogP contribution in [0.5, 0.6) is 0 Å². The fourth-order valence-electron chi connectivity index (χ4n) is 0.576. The third kappa shape index (κ3) is 3.34. The predicted octanol–water partition coefficient (Wildman–Crippen LogP) is -0.162. The smallest absolute Gasteiger partial charge is 0.220 e. The number of nitrogens with zero attached hydrogens (tertiary/aromatic N) is 1. The van der Waals surface area contributed by atoms with Crippen molar-refractivity contribution < 1.29 is 14.3 Å². The van der Waals surface area contributed by atoms with Gasteiger partial charge < -0.3 is 14.4 Å². The van der Waals surface area contributed by atoms with E-state index in [1.165, 1.54) is 11.8 Å². The van der Waals surface area contributed by atoms with Crippen molar-refractivity contribution in [2.24, 2.45) is 0 Å². The van der Waals surface area contributed by atoms with E-state index in [-0.39, 0.29) is 12.0 Å². The van der Waals surface area contributed by atoms with Gasteiger partial charge in [0, 0.05) is 14.0 Å². The van der Waals surface area contributed by atoms with Crippen LogP contribution in [0.4, 0.5) is 0 Å². The van der Waals surface area contributed by atoms with Crippen LogP contribution in [0.25, 0.3) is 0 Å². The molecule has 1 atom stereocenters. The Bertz CT molecular complexity index is 145. The average molecular weight is 159 g/mol. The van der Waals surface area contributed by atoms with Gasteiger partial charge in [0.1, 0.15) is 12.8 Å². The minimum Gasteiger partial charge on any atom is -0.371 e. The van der Waals surface area contributed by atoms with Crippen molar-refractivity contribution in [1.29, 1.82) is 0 Å². The number of amides is 1. The molecule has 1 unspecified atom stereocenters. The summed E-state index contributed by atoms with van der Waals surface area (Å²) in [6.07, 6.45) is 0.273. The summed E-state index contributed by atoms with van der Waals surface area (Å²) in [7, 11) is 1.70. The summed E-state index contributed by atoms with van der Waals surface area (Å²) in [5.41, 5.74) is 0. The lowest BCUT2D eigenvalue weighted by atomic mass is 10.5. The quantitative estimate of drug-likeness (QED) is 0.422. The number of hydrogen-bond acceptors (Lipinski definition) is 3. The number of hydrogen-bond donors (Lipinski definition) is 0. The molecule has 0 aromatic rings. The highest BCUT2D eigenvalue weighted by Gasteiger charge is 2.22. The van der Waals surface area contributed by atoms with E-state index < -0.39 is 0 Å². The SMILES string of the molecule is CC(=O)N(C)COCC1CO1. The Balaban J connectivity index is 1.96. The van der Waals surface area contributed by atoms with Gasteiger partial charge in [-0.25, -0.2) is 0 Å². The summed E-state index contributed by atoms with van der Waals surface area (Å²) in [5.74, 6) is 0.0155. The first-order valence-electron chi connectivity index (χ1n) is 3.61. The molecule has 0 spiro atoms. The van der Waals surface area contributed by atoms with E-state index in [9.17, 15) is 4.79 Å². The molecule has 1 heterocycles. The van der Waals surface area contributed by atoms with Crippen LogP contribution in [0.1, 0.15) is 6.92 Å². The third-order valence-electron chi connectivity index (χ3n) is 1.53. The number of ether oxygens (including phenoxy) is 2. The highest BCUT2D eigenvalue weighted by molar-refractivity contribution is 5.72. The van der Waals surface area contributed by atoms with Crippen molar-refractivity contribution in [2.45, 2.75) is 13.0 Å². The molecule has 0 aromatic carbocycles. The van der Waals surface area contributed by atoms with Crippen LogP contribution in [0.3, 0.4) is 0 Å². The van der Waals surface area contributed by atoms with E-state index in [0.717, 1.165) is 6.61 Å². The molecule has 1 aliphatic rings. The largest absolute Gasteiger partial charge is 0.371 e. The van der Waals surface area contributed by atoms with Crippen molar-refractivity contribution in [3.8, 4) is 0 Å². The van der Waals surface area contributed by atoms with E-state index in [4.69, 9.17) is 9.47 Å². The Morgan fingerprint density at radius 1 is 1.82 bits per heavy atom. The molecular formula is C7H13NO3. The number of carbonyl (C=O) groups excluding carboxylic acids is 1. The molecule has 1 saturated heterocycles. The van der Waals surface area contributed by atoms with Crippen LogP contribution >= 0.6 is 0 Å². The second kappa shape index (κ2) is 3.69. The molecule has 4 heteroatoms. The first-order chi connectivity index (χ1) is 5.20. The van der Waals surface area contributed by atoms with Gasteiger partial charge in [0.2, 0.25) is 5.91 Å². The van der Waals surface area contributed by atoms with Gasteiger partial charge >= 0.3 is 0 Å². The summed E-state index contributed by atoms with van der Waals surface area (Å²) < 4.78 is 10.1. The zero-order valence-electron chi connectivity index (χ0n) is 6.87. The van der Waals surface area contributed by atoms with Gasteiger partial charge in [-0.2, -0.15) is 0 Å². The molecule has 0 aliphatic carbocycles. The van der Waals surface area contributed by atoms with Gasteiger partial charge in [0.15, 0.2) is 0 Å². The van der Waals surface area contributed by atoms with Crippen LogP contribution in [-0.2, 0) is 14.3 Å². The lowest BCUT2D eigenvalue weighted by Crippen LogP contribution is -2.27. The van der Waals surface area contributed by atoms with Crippen LogP contribution in [0, 0.1) is 0 Å². The summed E-state index contributed by atoms with van der Waals surface area (Å²) in [5, 5.41) is 0. The molecule has 1 fully saturated rings. The van der Waals surface area contributed by atoms with E-state index in [1.54, 1.807) is 7.05 Å². The van der Waals surface area contributed by atoms with Crippen molar-refractivity contribution in [1.82, 2.24) is 4.90 Å². The maximum Gasteiger partial charge on any atom is 0.220 e. The van der Waals surface area contributed by atoms with Crippen molar-refractivity contribution >= 4 is 5.91 Å². The fraction of sp³-hybridized carbons (Fsp3) is 0.857. The zero-order chi connectivity index (χ0) is 8.27. The minimum absolute atomic E-state index is 0.0155. The first-order valence-corrected chi connectivity index (χ1v) is 3.61. The highest BCUT2D eigenvalue weighted by Crippen LogP contribution is 2.08. The Morgan fingerprint density at radius 2 is 2.45 bits per heavy atom. The zero-order valence-corrected chi connectivity index (χ0v) is 6.87. The van der Waals surface area contributed by atoms with Crippen molar-refractivity contribution in [2.75, 3.05) is 27.0 Å². The summed E-state index contributed by atoms with van der Waals surface area (Å²) in [6, 6.07) is 0. The third-order valence-corrected chi connectivity index (χ3v) is 1.53. The van der Waals surface area contributed by atoms with Gasteiger partial charge in [0.25, 0.3) is 0 Å². The van der Waals surface area contributed by atoms with Crippen molar-refractivity contribution in [3.05, 3.63) is 0 Å². The Kier molecular flexibility index (Phi) is 2.84. The molecular weight excluding hydrogens is 146 g/mol. The fourth-order valence-corrected chi connectivity index (χ4v) is 0.576. The molecule has 1 amide bonds. The Labute approximate surface area is 66.1 Å². The summed E-state index contributed by atoms with van der Waals surface area (Å²) in [6.45, 7) is 3.26. The van der Waals surface area contributed by atoms with Crippen molar-refractivity contribution in [3.63, 3.8) is 0 Å². The maximum atomic E-state index is 10.6. The molecule has 1 aliphatic heterocycles. The van der Waals surface area contributed by atoms with Crippen LogP contribution in [0.2, 0.25) is 0 Å². The highest BCUT2D eigenvalue weighted by atomic mass is 16.6. The second-order valence-electron chi connectivity index (χ2n) is 2.67. The normalized spacial score (nSPS) is 21.5. The predicted molar refractivity (Wildman–Crippen MR) is 39.0 cm³/mol. The van der Waals surface area contributed by atoms with Gasteiger partial charge in [-0.15, -0.1) is 0 Å². The Morgan fingerprint density at radius 3 is 2.91 bits per heavy atom. The molecule has 0 bridgehead atoms. The molecule has 4 nitrogen and oxygen atoms in total. The molecule has 1 rings (SSSR count). The summed E-state index contributed by atoms with van der Waals surface area (Å²) in [4.78, 5) is 12.2. The van der Waals surface area contributed by atoms with Gasteiger partial charge in [0.05, 0.1) is 13.2 Å². The molecule has 0 saturated carbocycles. The minimum atomic E-state index is 0.0155. The molecule has 0 N–H and O–H groups in total. The monoisotopic (exact) mass is 159 g/mol. The van der Waals surface area contributed by atoms with Crippen LogP contribution in [-0.4, -0.2) is 43.9 Å². The first kappa shape index (κ1) is 8.49. The standard InChI is InChI=1S/C7H13NO3/c1-6(9)8(2)5-10-3-7-4-11-7/h7H,3-5H2,1-2H3. The van der Waals surface area contributed by atoms with Gasteiger partial charge in [-0.05, 0) is 0 Å². The van der Waals surface area contributed by atoms with Gasteiger partial charge in [-0.1, -0.05) is 0 Å². The lowest BCUT2D eigenvalue weighted by Gasteiger charge is -2.13. The second-order valence-corrected chi connectivity index (χ2v) is 2.67.